The Morgan fingerprint density at radius 2 is 1.53 bits per heavy atom. The normalized spacial score (nSPS) is 11.5. The Bertz CT molecular complexity index is 692. The van der Waals surface area contributed by atoms with E-state index in [1.54, 1.807) is 0 Å². The van der Waals surface area contributed by atoms with Crippen LogP contribution in [0.1, 0.15) is 9.43 Å². The minimum absolute atomic E-state index is 0.0957. The van der Waals surface area contributed by atoms with E-state index in [1.165, 1.54) is 16.2 Å². The molecular formula is C14H9Br2N. The van der Waals surface area contributed by atoms with Crippen LogP contribution in [0.15, 0.2) is 48.5 Å². The standard InChI is InChI=1S/C14H9Br2N/c15-14(16)12-8-7-10-6-5-9-3-1-2-4-11(9)13(10)17-12/h1-8,14H. The van der Waals surface area contributed by atoms with Gasteiger partial charge in [-0.3, -0.25) is 4.98 Å². The second-order valence-corrected chi connectivity index (χ2v) is 6.96. The zero-order valence-electron chi connectivity index (χ0n) is 8.90. The highest BCUT2D eigenvalue weighted by Crippen LogP contribution is 2.31. The Hall–Kier alpha value is -0.930. The topological polar surface area (TPSA) is 12.9 Å². The maximum Gasteiger partial charge on any atom is 0.112 e. The third-order valence-corrected chi connectivity index (χ3v) is 3.77. The molecule has 1 nitrogen and oxygen atoms in total. The van der Waals surface area contributed by atoms with Crippen molar-refractivity contribution in [2.45, 2.75) is 3.74 Å². The van der Waals surface area contributed by atoms with Crippen LogP contribution >= 0.6 is 31.9 Å². The van der Waals surface area contributed by atoms with Crippen molar-refractivity contribution in [1.82, 2.24) is 4.98 Å². The average Bonchev–Trinajstić information content (AvgIpc) is 2.38. The third-order valence-electron chi connectivity index (χ3n) is 2.83. The number of nitrogens with zero attached hydrogens (tertiary/aromatic N) is 1. The van der Waals surface area contributed by atoms with E-state index in [0.29, 0.717) is 0 Å². The molecule has 0 saturated carbocycles. The first-order valence-corrected chi connectivity index (χ1v) is 7.15. The van der Waals surface area contributed by atoms with E-state index in [4.69, 9.17) is 4.98 Å². The fourth-order valence-electron chi connectivity index (χ4n) is 1.99. The van der Waals surface area contributed by atoms with Crippen molar-refractivity contribution in [1.29, 1.82) is 0 Å². The molecule has 0 radical (unpaired) electrons. The molecule has 0 spiro atoms. The van der Waals surface area contributed by atoms with Gasteiger partial charge in [0.1, 0.15) is 3.74 Å². The fraction of sp³-hybridized carbons (Fsp3) is 0.0714. The molecular weight excluding hydrogens is 342 g/mol. The SMILES string of the molecule is BrC(Br)c1ccc2ccc3ccccc3c2n1. The molecule has 0 aliphatic rings. The Kier molecular flexibility index (Phi) is 2.89. The summed E-state index contributed by atoms with van der Waals surface area (Å²) in [6, 6.07) is 16.7. The molecule has 1 aromatic heterocycles. The van der Waals surface area contributed by atoms with Crippen LogP contribution in [0.25, 0.3) is 21.7 Å². The molecule has 0 atom stereocenters. The van der Waals surface area contributed by atoms with E-state index in [0.717, 1.165) is 11.2 Å². The first-order chi connectivity index (χ1) is 8.25. The lowest BCUT2D eigenvalue weighted by molar-refractivity contribution is 1.23. The summed E-state index contributed by atoms with van der Waals surface area (Å²) in [5, 5.41) is 3.60. The monoisotopic (exact) mass is 349 g/mol. The van der Waals surface area contributed by atoms with Gasteiger partial charge in [-0.05, 0) is 11.5 Å². The third kappa shape index (κ3) is 1.98. The predicted molar refractivity (Wildman–Crippen MR) is 79.8 cm³/mol. The van der Waals surface area contributed by atoms with Crippen molar-refractivity contribution in [2.75, 3.05) is 0 Å². The van der Waals surface area contributed by atoms with Crippen molar-refractivity contribution < 1.29 is 0 Å². The van der Waals surface area contributed by atoms with Gasteiger partial charge in [0, 0.05) is 10.8 Å². The van der Waals surface area contributed by atoms with Crippen LogP contribution in [-0.4, -0.2) is 4.98 Å². The summed E-state index contributed by atoms with van der Waals surface area (Å²) in [6.07, 6.45) is 0. The molecule has 0 amide bonds. The van der Waals surface area contributed by atoms with Gasteiger partial charge in [-0.25, -0.2) is 0 Å². The minimum atomic E-state index is 0.0957. The molecule has 3 heteroatoms. The quantitative estimate of drug-likeness (QED) is 0.435. The van der Waals surface area contributed by atoms with E-state index < -0.39 is 0 Å². The molecule has 3 aromatic rings. The molecule has 0 fully saturated rings. The van der Waals surface area contributed by atoms with Gasteiger partial charge >= 0.3 is 0 Å². The van der Waals surface area contributed by atoms with E-state index >= 15 is 0 Å². The number of hydrogen-bond acceptors (Lipinski definition) is 1. The van der Waals surface area contributed by atoms with E-state index in [2.05, 4.69) is 74.3 Å². The molecule has 0 aliphatic carbocycles. The molecule has 0 saturated heterocycles. The Labute approximate surface area is 116 Å². The van der Waals surface area contributed by atoms with Crippen molar-refractivity contribution in [2.24, 2.45) is 0 Å². The predicted octanol–water partition coefficient (Wildman–Crippen LogP) is 5.18. The number of halogens is 2. The highest BCUT2D eigenvalue weighted by molar-refractivity contribution is 9.24. The van der Waals surface area contributed by atoms with Crippen LogP contribution in [-0.2, 0) is 0 Å². The smallest absolute Gasteiger partial charge is 0.112 e. The van der Waals surface area contributed by atoms with Crippen LogP contribution in [0.4, 0.5) is 0 Å². The number of rotatable bonds is 1. The number of hydrogen-bond donors (Lipinski definition) is 0. The van der Waals surface area contributed by atoms with Crippen LogP contribution in [0.3, 0.4) is 0 Å². The zero-order valence-corrected chi connectivity index (χ0v) is 12.1. The van der Waals surface area contributed by atoms with Crippen LogP contribution in [0, 0.1) is 0 Å². The molecule has 0 unspecified atom stereocenters. The molecule has 1 heterocycles. The number of alkyl halides is 2. The highest BCUT2D eigenvalue weighted by atomic mass is 79.9. The van der Waals surface area contributed by atoms with Gasteiger partial charge in [-0.1, -0.05) is 74.3 Å². The summed E-state index contributed by atoms with van der Waals surface area (Å²) >= 11 is 6.97. The second kappa shape index (κ2) is 4.39. The number of fused-ring (bicyclic) bond motifs is 3. The lowest BCUT2D eigenvalue weighted by atomic mass is 10.1. The maximum atomic E-state index is 4.71. The average molecular weight is 351 g/mol. The lowest BCUT2D eigenvalue weighted by Crippen LogP contribution is -1.89. The minimum Gasteiger partial charge on any atom is -0.250 e. The molecule has 0 aliphatic heterocycles. The molecule has 84 valence electrons. The number of benzene rings is 2. The van der Waals surface area contributed by atoms with Crippen molar-refractivity contribution in [3.05, 3.63) is 54.2 Å². The summed E-state index contributed by atoms with van der Waals surface area (Å²) in [4.78, 5) is 4.71. The van der Waals surface area contributed by atoms with E-state index in [9.17, 15) is 0 Å². The highest BCUT2D eigenvalue weighted by Gasteiger charge is 2.07. The van der Waals surface area contributed by atoms with Crippen molar-refractivity contribution in [3.63, 3.8) is 0 Å². The Balaban J connectivity index is 2.42. The van der Waals surface area contributed by atoms with Crippen LogP contribution in [0.2, 0.25) is 0 Å². The van der Waals surface area contributed by atoms with Gasteiger partial charge in [-0.2, -0.15) is 0 Å². The van der Waals surface area contributed by atoms with Gasteiger partial charge in [0.2, 0.25) is 0 Å². The van der Waals surface area contributed by atoms with E-state index in [1.807, 2.05) is 6.07 Å². The number of pyridine rings is 1. The fourth-order valence-corrected chi connectivity index (χ4v) is 2.50. The van der Waals surface area contributed by atoms with Crippen LogP contribution < -0.4 is 0 Å². The largest absolute Gasteiger partial charge is 0.250 e. The maximum absolute atomic E-state index is 4.71. The molecule has 0 N–H and O–H groups in total. The number of aromatic nitrogens is 1. The summed E-state index contributed by atoms with van der Waals surface area (Å²) in [5.41, 5.74) is 2.05. The summed E-state index contributed by atoms with van der Waals surface area (Å²) < 4.78 is 0.0957. The van der Waals surface area contributed by atoms with Gasteiger partial charge in [0.05, 0.1) is 11.2 Å². The molecule has 3 rings (SSSR count). The Morgan fingerprint density at radius 1 is 0.824 bits per heavy atom. The first-order valence-electron chi connectivity index (χ1n) is 5.32. The second-order valence-electron chi connectivity index (χ2n) is 3.90. The van der Waals surface area contributed by atoms with Crippen molar-refractivity contribution >= 4 is 53.5 Å². The van der Waals surface area contributed by atoms with Crippen LogP contribution in [0.5, 0.6) is 0 Å². The van der Waals surface area contributed by atoms with Crippen molar-refractivity contribution in [3.8, 4) is 0 Å². The first kappa shape index (κ1) is 11.2. The van der Waals surface area contributed by atoms with Gasteiger partial charge in [0.25, 0.3) is 0 Å². The Morgan fingerprint density at radius 3 is 2.35 bits per heavy atom. The molecule has 17 heavy (non-hydrogen) atoms. The van der Waals surface area contributed by atoms with Gasteiger partial charge in [0.15, 0.2) is 0 Å². The summed E-state index contributed by atoms with van der Waals surface area (Å²) in [6.45, 7) is 0. The van der Waals surface area contributed by atoms with Gasteiger partial charge in [-0.15, -0.1) is 0 Å². The summed E-state index contributed by atoms with van der Waals surface area (Å²) in [5.74, 6) is 0. The van der Waals surface area contributed by atoms with Gasteiger partial charge < -0.3 is 0 Å². The van der Waals surface area contributed by atoms with E-state index in [-0.39, 0.29) is 3.74 Å². The zero-order chi connectivity index (χ0) is 11.8. The summed E-state index contributed by atoms with van der Waals surface area (Å²) in [7, 11) is 0. The molecule has 2 aromatic carbocycles. The lowest BCUT2D eigenvalue weighted by Gasteiger charge is -2.06. The molecule has 0 bridgehead atoms.